The summed E-state index contributed by atoms with van der Waals surface area (Å²) in [5.74, 6) is 0.807. The normalized spacial score (nSPS) is 15.1. The van der Waals surface area contributed by atoms with Crippen molar-refractivity contribution in [1.29, 1.82) is 0 Å². The van der Waals surface area contributed by atoms with Gasteiger partial charge >= 0.3 is 0 Å². The van der Waals surface area contributed by atoms with Gasteiger partial charge in [-0.2, -0.15) is 0 Å². The van der Waals surface area contributed by atoms with Gasteiger partial charge in [0.15, 0.2) is 5.82 Å². The molecule has 1 aromatic heterocycles. The lowest BCUT2D eigenvalue weighted by Gasteiger charge is -2.08. The second-order valence-electron chi connectivity index (χ2n) is 5.13. The summed E-state index contributed by atoms with van der Waals surface area (Å²) in [6, 6.07) is 6.81. The fourth-order valence-corrected chi connectivity index (χ4v) is 3.19. The molecule has 0 radical (unpaired) electrons. The van der Waals surface area contributed by atoms with Crippen molar-refractivity contribution in [2.24, 2.45) is 7.05 Å². The summed E-state index contributed by atoms with van der Waals surface area (Å²) in [4.78, 5) is 0.290. The Morgan fingerprint density at radius 1 is 1.29 bits per heavy atom. The van der Waals surface area contributed by atoms with Crippen molar-refractivity contribution in [3.63, 3.8) is 0 Å². The van der Waals surface area contributed by atoms with Crippen LogP contribution in [-0.4, -0.2) is 29.2 Å². The summed E-state index contributed by atoms with van der Waals surface area (Å²) in [6.07, 6.45) is 3.49. The average Bonchev–Trinajstić information content (AvgIpc) is 3.16. The number of nitrogens with zero attached hydrogens (tertiary/aromatic N) is 3. The molecule has 0 unspecified atom stereocenters. The minimum atomic E-state index is -3.38. The third kappa shape index (κ3) is 3.40. The standard InChI is InChI=1S/C13H17N5O2S/c1-18-9-15-16-13(18)8-14-10-4-6-12(7-5-10)21(19,20)17-11-2-3-11/h4-7,9,11,14,17H,2-3,8H2,1H3. The van der Waals surface area contributed by atoms with Gasteiger partial charge in [0.2, 0.25) is 10.0 Å². The van der Waals surface area contributed by atoms with Crippen LogP contribution < -0.4 is 10.0 Å². The van der Waals surface area contributed by atoms with E-state index in [-0.39, 0.29) is 6.04 Å². The van der Waals surface area contributed by atoms with Crippen molar-refractivity contribution in [3.05, 3.63) is 36.4 Å². The molecule has 0 spiro atoms. The lowest BCUT2D eigenvalue weighted by Crippen LogP contribution is -2.25. The Morgan fingerprint density at radius 2 is 2.00 bits per heavy atom. The van der Waals surface area contributed by atoms with E-state index >= 15 is 0 Å². The first-order valence-corrected chi connectivity index (χ1v) is 8.22. The topological polar surface area (TPSA) is 88.9 Å². The quantitative estimate of drug-likeness (QED) is 0.826. The van der Waals surface area contributed by atoms with Gasteiger partial charge in [-0.1, -0.05) is 0 Å². The Kier molecular flexibility index (Phi) is 3.64. The summed E-state index contributed by atoms with van der Waals surface area (Å²) in [5, 5.41) is 11.0. The molecule has 1 aliphatic carbocycles. The van der Waals surface area contributed by atoms with Crippen molar-refractivity contribution < 1.29 is 8.42 Å². The molecule has 0 atom stereocenters. The SMILES string of the molecule is Cn1cnnc1CNc1ccc(S(=O)(=O)NC2CC2)cc1. The molecule has 1 fully saturated rings. The first kappa shape index (κ1) is 14.0. The van der Waals surface area contributed by atoms with Crippen LogP contribution in [0.4, 0.5) is 5.69 Å². The van der Waals surface area contributed by atoms with E-state index < -0.39 is 10.0 Å². The van der Waals surface area contributed by atoms with Gasteiger partial charge in [-0.3, -0.25) is 0 Å². The van der Waals surface area contributed by atoms with E-state index in [0.717, 1.165) is 24.4 Å². The van der Waals surface area contributed by atoms with Crippen molar-refractivity contribution >= 4 is 15.7 Å². The molecule has 0 bridgehead atoms. The third-order valence-corrected chi connectivity index (χ3v) is 4.86. The number of anilines is 1. The van der Waals surface area contributed by atoms with Crippen LogP contribution in [0.25, 0.3) is 0 Å². The highest BCUT2D eigenvalue weighted by atomic mass is 32.2. The number of benzene rings is 1. The largest absolute Gasteiger partial charge is 0.378 e. The molecule has 7 nitrogen and oxygen atoms in total. The van der Waals surface area contributed by atoms with E-state index in [1.807, 2.05) is 11.6 Å². The van der Waals surface area contributed by atoms with Gasteiger partial charge in [0.25, 0.3) is 0 Å². The zero-order valence-electron chi connectivity index (χ0n) is 11.7. The summed E-state index contributed by atoms with van der Waals surface area (Å²) < 4.78 is 28.5. The highest BCUT2D eigenvalue weighted by Gasteiger charge is 2.27. The number of hydrogen-bond acceptors (Lipinski definition) is 5. The molecular weight excluding hydrogens is 290 g/mol. The van der Waals surface area contributed by atoms with E-state index in [9.17, 15) is 8.42 Å². The zero-order valence-corrected chi connectivity index (χ0v) is 12.5. The van der Waals surface area contributed by atoms with Crippen molar-refractivity contribution in [3.8, 4) is 0 Å². The van der Waals surface area contributed by atoms with Crippen LogP contribution in [0.3, 0.4) is 0 Å². The Bertz CT molecular complexity index is 719. The molecule has 21 heavy (non-hydrogen) atoms. The van der Waals surface area contributed by atoms with Crippen LogP contribution in [-0.2, 0) is 23.6 Å². The third-order valence-electron chi connectivity index (χ3n) is 3.32. The molecule has 0 saturated heterocycles. The van der Waals surface area contributed by atoms with Crippen molar-refractivity contribution in [2.45, 2.75) is 30.3 Å². The van der Waals surface area contributed by atoms with Crippen LogP contribution in [0.5, 0.6) is 0 Å². The number of rotatable bonds is 6. The maximum atomic E-state index is 12.0. The molecule has 2 aromatic rings. The fourth-order valence-electron chi connectivity index (χ4n) is 1.89. The zero-order chi connectivity index (χ0) is 14.9. The molecule has 1 heterocycles. The first-order valence-electron chi connectivity index (χ1n) is 6.74. The number of aromatic nitrogens is 3. The highest BCUT2D eigenvalue weighted by molar-refractivity contribution is 7.89. The van der Waals surface area contributed by atoms with E-state index in [1.165, 1.54) is 0 Å². The fraction of sp³-hybridized carbons (Fsp3) is 0.385. The molecule has 0 aliphatic heterocycles. The van der Waals surface area contributed by atoms with Gasteiger partial charge < -0.3 is 9.88 Å². The minimum Gasteiger partial charge on any atom is -0.378 e. The monoisotopic (exact) mass is 307 g/mol. The smallest absolute Gasteiger partial charge is 0.240 e. The number of aryl methyl sites for hydroxylation is 1. The average molecular weight is 307 g/mol. The highest BCUT2D eigenvalue weighted by Crippen LogP contribution is 2.22. The Labute approximate surface area is 123 Å². The van der Waals surface area contributed by atoms with E-state index in [1.54, 1.807) is 30.6 Å². The van der Waals surface area contributed by atoms with Crippen LogP contribution in [0.2, 0.25) is 0 Å². The van der Waals surface area contributed by atoms with E-state index in [2.05, 4.69) is 20.2 Å². The van der Waals surface area contributed by atoms with Gasteiger partial charge in [0.1, 0.15) is 6.33 Å². The van der Waals surface area contributed by atoms with Crippen molar-refractivity contribution in [1.82, 2.24) is 19.5 Å². The molecular formula is C13H17N5O2S. The number of nitrogens with one attached hydrogen (secondary N) is 2. The second kappa shape index (κ2) is 5.45. The van der Waals surface area contributed by atoms with Gasteiger partial charge in [-0.25, -0.2) is 13.1 Å². The molecule has 1 aromatic carbocycles. The van der Waals surface area contributed by atoms with Crippen LogP contribution >= 0.6 is 0 Å². The first-order chi connectivity index (χ1) is 10.0. The minimum absolute atomic E-state index is 0.115. The molecule has 3 rings (SSSR count). The number of hydrogen-bond donors (Lipinski definition) is 2. The summed E-state index contributed by atoms with van der Waals surface area (Å²) in [5.41, 5.74) is 0.836. The Balaban J connectivity index is 1.65. The van der Waals surface area contributed by atoms with Gasteiger partial charge in [0.05, 0.1) is 11.4 Å². The number of sulfonamides is 1. The van der Waals surface area contributed by atoms with Crippen LogP contribution in [0.15, 0.2) is 35.5 Å². The summed E-state index contributed by atoms with van der Waals surface area (Å²) in [6.45, 7) is 0.531. The predicted molar refractivity (Wildman–Crippen MR) is 78.1 cm³/mol. The van der Waals surface area contributed by atoms with Gasteiger partial charge in [0, 0.05) is 18.8 Å². The lowest BCUT2D eigenvalue weighted by atomic mass is 10.3. The maximum Gasteiger partial charge on any atom is 0.240 e. The van der Waals surface area contributed by atoms with Crippen molar-refractivity contribution in [2.75, 3.05) is 5.32 Å². The molecule has 2 N–H and O–H groups in total. The molecule has 1 saturated carbocycles. The summed E-state index contributed by atoms with van der Waals surface area (Å²) in [7, 11) is -1.51. The maximum absolute atomic E-state index is 12.0. The Morgan fingerprint density at radius 3 is 2.57 bits per heavy atom. The molecule has 1 aliphatic rings. The molecule has 112 valence electrons. The van der Waals surface area contributed by atoms with Crippen LogP contribution in [0.1, 0.15) is 18.7 Å². The van der Waals surface area contributed by atoms with E-state index in [0.29, 0.717) is 11.4 Å². The Hall–Kier alpha value is -1.93. The molecule has 0 amide bonds. The van der Waals surface area contributed by atoms with Gasteiger partial charge in [-0.05, 0) is 37.1 Å². The molecule has 8 heteroatoms. The predicted octanol–water partition coefficient (Wildman–Crippen LogP) is 0.868. The van der Waals surface area contributed by atoms with Gasteiger partial charge in [-0.15, -0.1) is 10.2 Å². The van der Waals surface area contributed by atoms with E-state index in [4.69, 9.17) is 0 Å². The lowest BCUT2D eigenvalue weighted by molar-refractivity contribution is 0.581. The van der Waals surface area contributed by atoms with Crippen LogP contribution in [0, 0.1) is 0 Å². The summed E-state index contributed by atoms with van der Waals surface area (Å²) >= 11 is 0. The second-order valence-corrected chi connectivity index (χ2v) is 6.85.